The van der Waals surface area contributed by atoms with Gasteiger partial charge in [0.25, 0.3) is 10.1 Å². The van der Waals surface area contributed by atoms with Gasteiger partial charge in [-0.25, -0.2) is 0 Å². The molecule has 0 aromatic rings. The molecule has 2 atom stereocenters. The normalized spacial score (nSPS) is 14.0. The number of hydrogen-bond donors (Lipinski definition) is 3. The summed E-state index contributed by atoms with van der Waals surface area (Å²) in [6.07, 6.45) is 39.7. The Morgan fingerprint density at radius 2 is 1.05 bits per heavy atom. The van der Waals surface area contributed by atoms with Gasteiger partial charge in [-0.2, -0.15) is 8.42 Å². The molecule has 0 fully saturated rings. The largest absolute Gasteiger partial charge is 0.387 e. The zero-order valence-electron chi connectivity index (χ0n) is 27.6. The van der Waals surface area contributed by atoms with E-state index in [1.165, 1.54) is 76.7 Å². The minimum atomic E-state index is -4.33. The molecule has 7 heteroatoms. The molecule has 0 saturated heterocycles. The number of unbranched alkanes of at least 4 members (excludes halogenated alkanes) is 16. The van der Waals surface area contributed by atoms with Crippen molar-refractivity contribution in [2.75, 3.05) is 5.75 Å². The highest BCUT2D eigenvalue weighted by atomic mass is 32.2. The van der Waals surface area contributed by atoms with Crippen molar-refractivity contribution < 1.29 is 22.9 Å². The Morgan fingerprint density at radius 3 is 1.53 bits per heavy atom. The lowest BCUT2D eigenvalue weighted by atomic mass is 10.1. The Hall–Kier alpha value is -1.70. The minimum absolute atomic E-state index is 0.279. The standard InChI is InChI=1S/C36H65NO5S/c1-3-5-7-9-11-12-13-14-15-16-17-18-19-20-21-22-23-24-26-28-30-32-36(39)37-34(33-43(40,41)42)35(38)31-29-27-25-10-8-6-4-2/h13-14,16-17,19-20,29,31,34-35,38H,3-12,15,18,21-28,30,32-33H2,1-2H3,(H,37,39)(H,40,41,42)/b14-13-,17-16-,20-19-,31-29+. The lowest BCUT2D eigenvalue weighted by Gasteiger charge is -2.21. The summed E-state index contributed by atoms with van der Waals surface area (Å²) in [6.45, 7) is 4.42. The van der Waals surface area contributed by atoms with Crippen molar-refractivity contribution in [3.63, 3.8) is 0 Å². The van der Waals surface area contributed by atoms with E-state index in [9.17, 15) is 22.9 Å². The summed E-state index contributed by atoms with van der Waals surface area (Å²) in [5.74, 6) is -1.00. The first-order valence-corrected chi connectivity index (χ1v) is 18.9. The minimum Gasteiger partial charge on any atom is -0.387 e. The van der Waals surface area contributed by atoms with Crippen LogP contribution in [0.2, 0.25) is 0 Å². The Morgan fingerprint density at radius 1 is 0.628 bits per heavy atom. The summed E-state index contributed by atoms with van der Waals surface area (Å²) in [5.41, 5.74) is 0. The van der Waals surface area contributed by atoms with Crippen LogP contribution in [0.5, 0.6) is 0 Å². The highest BCUT2D eigenvalue weighted by molar-refractivity contribution is 7.85. The molecule has 0 saturated carbocycles. The van der Waals surface area contributed by atoms with Crippen LogP contribution in [0.3, 0.4) is 0 Å². The lowest BCUT2D eigenvalue weighted by molar-refractivity contribution is -0.122. The molecule has 1 amide bonds. The van der Waals surface area contributed by atoms with E-state index in [1.54, 1.807) is 0 Å². The Labute approximate surface area is 265 Å². The van der Waals surface area contributed by atoms with Crippen molar-refractivity contribution in [3.05, 3.63) is 48.6 Å². The third-order valence-corrected chi connectivity index (χ3v) is 8.28. The second-order valence-electron chi connectivity index (χ2n) is 11.8. The summed E-state index contributed by atoms with van der Waals surface area (Å²) < 4.78 is 32.1. The molecule has 0 spiro atoms. The van der Waals surface area contributed by atoms with Crippen molar-refractivity contribution in [2.45, 2.75) is 167 Å². The molecule has 0 rings (SSSR count). The fourth-order valence-corrected chi connectivity index (χ4v) is 5.60. The molecular weight excluding hydrogens is 558 g/mol. The summed E-state index contributed by atoms with van der Waals surface area (Å²) in [5, 5.41) is 13.0. The van der Waals surface area contributed by atoms with Crippen LogP contribution in [-0.4, -0.2) is 41.9 Å². The van der Waals surface area contributed by atoms with Gasteiger partial charge < -0.3 is 10.4 Å². The van der Waals surface area contributed by atoms with E-state index in [0.717, 1.165) is 57.8 Å². The van der Waals surface area contributed by atoms with Gasteiger partial charge in [-0.1, -0.05) is 140 Å². The maximum atomic E-state index is 12.4. The van der Waals surface area contributed by atoms with Crippen LogP contribution in [0.1, 0.15) is 155 Å². The van der Waals surface area contributed by atoms with Gasteiger partial charge in [-0.15, -0.1) is 0 Å². The van der Waals surface area contributed by atoms with Gasteiger partial charge in [0.2, 0.25) is 5.91 Å². The van der Waals surface area contributed by atoms with Crippen molar-refractivity contribution in [1.29, 1.82) is 0 Å². The molecule has 0 aromatic carbocycles. The highest BCUT2D eigenvalue weighted by Gasteiger charge is 2.24. The number of carbonyl (C=O) groups excluding carboxylic acids is 1. The van der Waals surface area contributed by atoms with Gasteiger partial charge in [0.15, 0.2) is 0 Å². The van der Waals surface area contributed by atoms with Gasteiger partial charge in [0.1, 0.15) is 0 Å². The monoisotopic (exact) mass is 623 g/mol. The summed E-state index contributed by atoms with van der Waals surface area (Å²) in [6, 6.07) is -1.06. The van der Waals surface area contributed by atoms with Crippen LogP contribution in [0.15, 0.2) is 48.6 Å². The molecule has 0 bridgehead atoms. The molecule has 6 nitrogen and oxygen atoms in total. The zero-order chi connectivity index (χ0) is 31.9. The van der Waals surface area contributed by atoms with Crippen LogP contribution in [-0.2, 0) is 14.9 Å². The van der Waals surface area contributed by atoms with Crippen molar-refractivity contribution in [1.82, 2.24) is 5.32 Å². The summed E-state index contributed by atoms with van der Waals surface area (Å²) in [7, 11) is -4.33. The summed E-state index contributed by atoms with van der Waals surface area (Å²) >= 11 is 0. The van der Waals surface area contributed by atoms with Gasteiger partial charge in [-0.05, 0) is 57.8 Å². The number of nitrogens with one attached hydrogen (secondary N) is 1. The lowest BCUT2D eigenvalue weighted by Crippen LogP contribution is -2.46. The van der Waals surface area contributed by atoms with E-state index in [0.29, 0.717) is 6.42 Å². The molecule has 0 aromatic heterocycles. The number of allylic oxidation sites excluding steroid dienone is 7. The number of carbonyl (C=O) groups is 1. The smallest absolute Gasteiger partial charge is 0.267 e. The summed E-state index contributed by atoms with van der Waals surface area (Å²) in [4.78, 5) is 12.4. The fraction of sp³-hybridized carbons (Fsp3) is 0.750. The van der Waals surface area contributed by atoms with E-state index >= 15 is 0 Å². The molecule has 0 aliphatic rings. The fourth-order valence-electron chi connectivity index (χ4n) is 4.87. The first-order valence-electron chi connectivity index (χ1n) is 17.3. The van der Waals surface area contributed by atoms with Gasteiger partial charge in [0, 0.05) is 6.42 Å². The molecule has 43 heavy (non-hydrogen) atoms. The Balaban J connectivity index is 3.93. The van der Waals surface area contributed by atoms with E-state index in [-0.39, 0.29) is 12.3 Å². The van der Waals surface area contributed by atoms with Crippen molar-refractivity contribution in [2.24, 2.45) is 0 Å². The first kappa shape index (κ1) is 41.3. The highest BCUT2D eigenvalue weighted by Crippen LogP contribution is 2.11. The Bertz CT molecular complexity index is 863. The van der Waals surface area contributed by atoms with Gasteiger partial charge in [-0.3, -0.25) is 9.35 Å². The number of aliphatic hydroxyl groups excluding tert-OH is 1. The quantitative estimate of drug-likeness (QED) is 0.0420. The van der Waals surface area contributed by atoms with Gasteiger partial charge >= 0.3 is 0 Å². The van der Waals surface area contributed by atoms with Gasteiger partial charge in [0.05, 0.1) is 17.9 Å². The molecule has 2 unspecified atom stereocenters. The topological polar surface area (TPSA) is 104 Å². The van der Waals surface area contributed by atoms with Crippen LogP contribution in [0.25, 0.3) is 0 Å². The van der Waals surface area contributed by atoms with Crippen LogP contribution in [0, 0.1) is 0 Å². The Kier molecular flexibility index (Phi) is 29.1. The molecule has 0 aliphatic heterocycles. The molecule has 0 radical (unpaired) electrons. The molecule has 250 valence electrons. The van der Waals surface area contributed by atoms with E-state index in [4.69, 9.17) is 0 Å². The van der Waals surface area contributed by atoms with Crippen molar-refractivity contribution >= 4 is 16.0 Å². The second-order valence-corrected chi connectivity index (χ2v) is 13.3. The van der Waals surface area contributed by atoms with Crippen LogP contribution < -0.4 is 5.32 Å². The third kappa shape index (κ3) is 31.5. The number of aliphatic hydroxyl groups is 1. The average Bonchev–Trinajstić information content (AvgIpc) is 2.96. The predicted octanol–water partition coefficient (Wildman–Crippen LogP) is 9.57. The predicted molar refractivity (Wildman–Crippen MR) is 184 cm³/mol. The number of hydrogen-bond acceptors (Lipinski definition) is 4. The van der Waals surface area contributed by atoms with E-state index in [1.807, 2.05) is 6.08 Å². The second kappa shape index (κ2) is 30.3. The maximum Gasteiger partial charge on any atom is 0.267 e. The van der Waals surface area contributed by atoms with Crippen molar-refractivity contribution in [3.8, 4) is 0 Å². The van der Waals surface area contributed by atoms with E-state index < -0.39 is 28.0 Å². The molecule has 0 heterocycles. The van der Waals surface area contributed by atoms with Crippen LogP contribution in [0.4, 0.5) is 0 Å². The maximum absolute atomic E-state index is 12.4. The SMILES string of the molecule is CCCCCCC/C=C\C/C=C\C/C=C\CCCCCCCCC(=O)NC(CS(=O)(=O)O)C(O)/C=C/CCCCCCC. The van der Waals surface area contributed by atoms with E-state index in [2.05, 4.69) is 55.6 Å². The number of amides is 1. The molecule has 3 N–H and O–H groups in total. The third-order valence-electron chi connectivity index (χ3n) is 7.50. The molecule has 0 aliphatic carbocycles. The molecular formula is C36H65NO5S. The zero-order valence-corrected chi connectivity index (χ0v) is 28.4. The first-order chi connectivity index (χ1) is 20.8. The number of rotatable bonds is 30. The van der Waals surface area contributed by atoms with Crippen LogP contribution >= 0.6 is 0 Å². The average molecular weight is 624 g/mol.